The van der Waals surface area contributed by atoms with Crippen molar-refractivity contribution in [3.63, 3.8) is 0 Å². The molecule has 1 fully saturated rings. The second-order valence-electron chi connectivity index (χ2n) is 4.95. The highest BCUT2D eigenvalue weighted by Crippen LogP contribution is 2.15. The molecule has 0 spiro atoms. The predicted octanol–water partition coefficient (Wildman–Crippen LogP) is 1.35. The molecule has 3 heterocycles. The van der Waals surface area contributed by atoms with E-state index in [1.54, 1.807) is 12.4 Å². The molecule has 0 N–H and O–H groups in total. The van der Waals surface area contributed by atoms with Gasteiger partial charge in [-0.25, -0.2) is 9.97 Å². The largest absolute Gasteiger partial charge is 0.339 e. The van der Waals surface area contributed by atoms with Gasteiger partial charge in [-0.1, -0.05) is 4.49 Å². The van der Waals surface area contributed by atoms with E-state index < -0.39 is 0 Å². The van der Waals surface area contributed by atoms with Gasteiger partial charge in [0.1, 0.15) is 0 Å². The number of hydrogen-bond acceptors (Lipinski definition) is 7. The minimum atomic E-state index is 0.838. The normalized spacial score (nSPS) is 17.1. The molecule has 6 nitrogen and oxygen atoms in total. The molecular formula is C13H18N6S. The van der Waals surface area contributed by atoms with Gasteiger partial charge in [-0.05, 0) is 30.9 Å². The van der Waals surface area contributed by atoms with Crippen LogP contribution in [0.2, 0.25) is 0 Å². The summed E-state index contributed by atoms with van der Waals surface area (Å²) >= 11 is 1.51. The van der Waals surface area contributed by atoms with E-state index >= 15 is 0 Å². The van der Waals surface area contributed by atoms with Gasteiger partial charge in [0, 0.05) is 45.1 Å². The molecule has 2 aromatic rings. The van der Waals surface area contributed by atoms with Crippen molar-refractivity contribution in [2.75, 3.05) is 31.1 Å². The van der Waals surface area contributed by atoms with Crippen LogP contribution in [0.25, 0.3) is 0 Å². The maximum Gasteiger partial charge on any atom is 0.225 e. The van der Waals surface area contributed by atoms with Gasteiger partial charge in [-0.15, -0.1) is 5.10 Å². The standard InChI is InChI=1S/C13H18N6S/c1-11-12(20-17-16-11)10-18-6-3-7-19(9-8-18)13-14-4-2-5-15-13/h2,4-5H,3,6-10H2,1H3. The molecule has 0 aliphatic carbocycles. The van der Waals surface area contributed by atoms with Gasteiger partial charge in [0.05, 0.1) is 10.6 Å². The summed E-state index contributed by atoms with van der Waals surface area (Å²) in [5, 5.41) is 4.08. The Hall–Kier alpha value is -1.60. The fourth-order valence-corrected chi connectivity index (χ4v) is 3.06. The van der Waals surface area contributed by atoms with Crippen molar-refractivity contribution >= 4 is 17.5 Å². The predicted molar refractivity (Wildman–Crippen MR) is 78.8 cm³/mol. The number of aryl methyl sites for hydroxylation is 1. The van der Waals surface area contributed by atoms with Crippen molar-refractivity contribution in [1.82, 2.24) is 24.5 Å². The van der Waals surface area contributed by atoms with Crippen molar-refractivity contribution in [2.24, 2.45) is 0 Å². The van der Waals surface area contributed by atoms with E-state index in [0.717, 1.165) is 50.8 Å². The SMILES string of the molecule is Cc1nnsc1CN1CCCN(c2ncccn2)CC1. The molecule has 3 rings (SSSR count). The summed E-state index contributed by atoms with van der Waals surface area (Å²) in [6.07, 6.45) is 4.73. The summed E-state index contributed by atoms with van der Waals surface area (Å²) < 4.78 is 4.01. The van der Waals surface area contributed by atoms with E-state index in [1.807, 2.05) is 13.0 Å². The zero-order valence-corrected chi connectivity index (χ0v) is 12.4. The van der Waals surface area contributed by atoms with Crippen LogP contribution in [-0.2, 0) is 6.54 Å². The summed E-state index contributed by atoms with van der Waals surface area (Å²) in [7, 11) is 0. The number of nitrogens with zero attached hydrogens (tertiary/aromatic N) is 6. The smallest absolute Gasteiger partial charge is 0.225 e. The zero-order chi connectivity index (χ0) is 13.8. The Morgan fingerprint density at radius 3 is 2.75 bits per heavy atom. The van der Waals surface area contributed by atoms with Gasteiger partial charge in [0.15, 0.2) is 0 Å². The van der Waals surface area contributed by atoms with E-state index in [1.165, 1.54) is 16.4 Å². The lowest BCUT2D eigenvalue weighted by Gasteiger charge is -2.21. The second-order valence-corrected chi connectivity index (χ2v) is 5.79. The average Bonchev–Trinajstić information content (AvgIpc) is 2.75. The Morgan fingerprint density at radius 2 is 2.00 bits per heavy atom. The number of hydrogen-bond donors (Lipinski definition) is 0. The lowest BCUT2D eigenvalue weighted by atomic mass is 10.3. The van der Waals surface area contributed by atoms with Crippen molar-refractivity contribution in [3.05, 3.63) is 29.0 Å². The highest BCUT2D eigenvalue weighted by Gasteiger charge is 2.18. The van der Waals surface area contributed by atoms with Crippen molar-refractivity contribution in [3.8, 4) is 0 Å². The van der Waals surface area contributed by atoms with Crippen molar-refractivity contribution in [2.45, 2.75) is 19.9 Å². The van der Waals surface area contributed by atoms with Gasteiger partial charge in [-0.2, -0.15) is 0 Å². The monoisotopic (exact) mass is 290 g/mol. The lowest BCUT2D eigenvalue weighted by Crippen LogP contribution is -2.31. The highest BCUT2D eigenvalue weighted by molar-refractivity contribution is 7.05. The van der Waals surface area contributed by atoms with Gasteiger partial charge in [-0.3, -0.25) is 4.90 Å². The first-order valence-corrected chi connectivity index (χ1v) is 7.62. The Morgan fingerprint density at radius 1 is 1.15 bits per heavy atom. The molecule has 0 amide bonds. The minimum Gasteiger partial charge on any atom is -0.339 e. The first-order valence-electron chi connectivity index (χ1n) is 6.85. The van der Waals surface area contributed by atoms with E-state index in [2.05, 4.69) is 29.4 Å². The van der Waals surface area contributed by atoms with Crippen LogP contribution < -0.4 is 4.90 Å². The Labute approximate surface area is 122 Å². The van der Waals surface area contributed by atoms with Gasteiger partial charge < -0.3 is 4.90 Å². The molecule has 2 aromatic heterocycles. The fourth-order valence-electron chi connectivity index (χ4n) is 2.38. The molecule has 106 valence electrons. The lowest BCUT2D eigenvalue weighted by molar-refractivity contribution is 0.287. The summed E-state index contributed by atoms with van der Waals surface area (Å²) in [5.41, 5.74) is 1.06. The Balaban J connectivity index is 1.61. The van der Waals surface area contributed by atoms with E-state index in [-0.39, 0.29) is 0 Å². The molecule has 0 atom stereocenters. The summed E-state index contributed by atoms with van der Waals surface area (Å²) in [6, 6.07) is 1.85. The van der Waals surface area contributed by atoms with E-state index in [4.69, 9.17) is 0 Å². The van der Waals surface area contributed by atoms with Crippen molar-refractivity contribution < 1.29 is 0 Å². The molecule has 7 heteroatoms. The molecule has 0 saturated carbocycles. The van der Waals surface area contributed by atoms with Crippen LogP contribution in [0.5, 0.6) is 0 Å². The number of aromatic nitrogens is 4. The third kappa shape index (κ3) is 3.10. The van der Waals surface area contributed by atoms with E-state index in [0.29, 0.717) is 0 Å². The maximum absolute atomic E-state index is 4.34. The molecule has 1 aliphatic rings. The van der Waals surface area contributed by atoms with Crippen LogP contribution in [0.15, 0.2) is 18.5 Å². The Bertz CT molecular complexity index is 543. The fraction of sp³-hybridized carbons (Fsp3) is 0.538. The highest BCUT2D eigenvalue weighted by atomic mass is 32.1. The molecule has 0 unspecified atom stereocenters. The summed E-state index contributed by atoms with van der Waals surface area (Å²) in [4.78, 5) is 14.7. The molecule has 0 radical (unpaired) electrons. The number of rotatable bonds is 3. The van der Waals surface area contributed by atoms with Gasteiger partial charge >= 0.3 is 0 Å². The van der Waals surface area contributed by atoms with Crippen LogP contribution in [-0.4, -0.2) is 50.6 Å². The van der Waals surface area contributed by atoms with Crippen LogP contribution in [0, 0.1) is 6.92 Å². The molecule has 1 saturated heterocycles. The van der Waals surface area contributed by atoms with Crippen LogP contribution >= 0.6 is 11.5 Å². The summed E-state index contributed by atoms with van der Waals surface area (Å²) in [5.74, 6) is 0.838. The van der Waals surface area contributed by atoms with E-state index in [9.17, 15) is 0 Å². The average molecular weight is 290 g/mol. The topological polar surface area (TPSA) is 58.0 Å². The van der Waals surface area contributed by atoms with Crippen LogP contribution in [0.4, 0.5) is 5.95 Å². The first kappa shape index (κ1) is 13.4. The third-order valence-electron chi connectivity index (χ3n) is 3.54. The molecule has 0 bridgehead atoms. The molecule has 1 aliphatic heterocycles. The van der Waals surface area contributed by atoms with Gasteiger partial charge in [0.2, 0.25) is 5.95 Å². The zero-order valence-electron chi connectivity index (χ0n) is 11.6. The molecular weight excluding hydrogens is 272 g/mol. The third-order valence-corrected chi connectivity index (χ3v) is 4.34. The van der Waals surface area contributed by atoms with Crippen molar-refractivity contribution in [1.29, 1.82) is 0 Å². The maximum atomic E-state index is 4.34. The van der Waals surface area contributed by atoms with Crippen LogP contribution in [0.3, 0.4) is 0 Å². The molecule has 20 heavy (non-hydrogen) atoms. The number of anilines is 1. The second kappa shape index (κ2) is 6.23. The molecule has 0 aromatic carbocycles. The van der Waals surface area contributed by atoms with Crippen LogP contribution in [0.1, 0.15) is 17.0 Å². The first-order chi connectivity index (χ1) is 9.83. The quantitative estimate of drug-likeness (QED) is 0.850. The minimum absolute atomic E-state index is 0.838. The van der Waals surface area contributed by atoms with Gasteiger partial charge in [0.25, 0.3) is 0 Å². The summed E-state index contributed by atoms with van der Waals surface area (Å²) in [6.45, 7) is 7.08. The Kier molecular flexibility index (Phi) is 4.17.